The third-order valence-electron chi connectivity index (χ3n) is 5.26. The number of nitrogens with one attached hydrogen (secondary N) is 2. The molecule has 1 aliphatic carbocycles. The molecule has 0 radical (unpaired) electrons. The highest BCUT2D eigenvalue weighted by Gasteiger charge is 2.34. The van der Waals surface area contributed by atoms with E-state index in [1.165, 1.54) is 23.0 Å². The van der Waals surface area contributed by atoms with Gasteiger partial charge in [0.05, 0.1) is 28.7 Å². The zero-order valence-electron chi connectivity index (χ0n) is 18.1. The lowest BCUT2D eigenvalue weighted by molar-refractivity contribution is -0.137. The maximum atomic E-state index is 13.2. The molecule has 1 aromatic heterocycles. The molecular formula is C24H23F3N4O2. The van der Waals surface area contributed by atoms with Gasteiger partial charge in [0.25, 0.3) is 11.8 Å². The Morgan fingerprint density at radius 3 is 2.36 bits per heavy atom. The molecule has 6 nitrogen and oxygen atoms in total. The molecule has 2 amide bonds. The van der Waals surface area contributed by atoms with Crippen molar-refractivity contribution < 1.29 is 22.8 Å². The summed E-state index contributed by atoms with van der Waals surface area (Å²) in [6, 6.07) is 11.4. The molecule has 0 unspecified atom stereocenters. The molecule has 0 bridgehead atoms. The predicted octanol–water partition coefficient (Wildman–Crippen LogP) is 5.16. The van der Waals surface area contributed by atoms with Crippen LogP contribution in [0.2, 0.25) is 0 Å². The summed E-state index contributed by atoms with van der Waals surface area (Å²) in [5.41, 5.74) is 1.36. The van der Waals surface area contributed by atoms with Crippen molar-refractivity contribution in [3.8, 4) is 5.69 Å². The van der Waals surface area contributed by atoms with E-state index in [0.717, 1.165) is 25.0 Å². The quantitative estimate of drug-likeness (QED) is 0.538. The molecule has 1 fully saturated rings. The van der Waals surface area contributed by atoms with E-state index >= 15 is 0 Å². The Hall–Kier alpha value is -3.62. The Labute approximate surface area is 188 Å². The van der Waals surface area contributed by atoms with Gasteiger partial charge in [-0.1, -0.05) is 6.07 Å². The fourth-order valence-electron chi connectivity index (χ4n) is 3.55. The average molecular weight is 456 g/mol. The molecule has 3 aromatic rings. The van der Waals surface area contributed by atoms with Crippen molar-refractivity contribution in [2.75, 3.05) is 5.32 Å². The summed E-state index contributed by atoms with van der Waals surface area (Å²) in [5, 5.41) is 9.81. The van der Waals surface area contributed by atoms with Crippen molar-refractivity contribution in [1.29, 1.82) is 0 Å². The Morgan fingerprint density at radius 1 is 1.06 bits per heavy atom. The van der Waals surface area contributed by atoms with Crippen LogP contribution < -0.4 is 10.6 Å². The minimum absolute atomic E-state index is 0.00564. The first-order chi connectivity index (χ1) is 15.6. The number of nitrogens with zero attached hydrogens (tertiary/aromatic N) is 2. The van der Waals surface area contributed by atoms with Crippen molar-refractivity contribution >= 4 is 17.5 Å². The zero-order chi connectivity index (χ0) is 23.8. The van der Waals surface area contributed by atoms with Gasteiger partial charge >= 0.3 is 6.18 Å². The lowest BCUT2D eigenvalue weighted by Gasteiger charge is -2.12. The van der Waals surface area contributed by atoms with Crippen LogP contribution in [0.5, 0.6) is 0 Å². The van der Waals surface area contributed by atoms with Crippen LogP contribution >= 0.6 is 0 Å². The number of hydrogen-bond acceptors (Lipinski definition) is 3. The van der Waals surface area contributed by atoms with E-state index in [-0.39, 0.29) is 23.6 Å². The molecule has 0 atom stereocenters. The highest BCUT2D eigenvalue weighted by atomic mass is 19.4. The molecule has 4 rings (SSSR count). The lowest BCUT2D eigenvalue weighted by atomic mass is 10.1. The van der Waals surface area contributed by atoms with E-state index in [0.29, 0.717) is 22.5 Å². The number of aromatic nitrogens is 2. The van der Waals surface area contributed by atoms with Gasteiger partial charge in [-0.2, -0.15) is 18.3 Å². The number of amides is 2. The van der Waals surface area contributed by atoms with Gasteiger partial charge < -0.3 is 10.6 Å². The number of halogens is 3. The van der Waals surface area contributed by atoms with Crippen molar-refractivity contribution in [2.45, 2.75) is 44.8 Å². The van der Waals surface area contributed by atoms with Gasteiger partial charge in [-0.25, -0.2) is 4.68 Å². The molecule has 2 aromatic carbocycles. The minimum Gasteiger partial charge on any atom is -0.350 e. The van der Waals surface area contributed by atoms with Crippen molar-refractivity contribution in [2.24, 2.45) is 0 Å². The molecule has 2 N–H and O–H groups in total. The summed E-state index contributed by atoms with van der Waals surface area (Å²) >= 11 is 0. The molecule has 1 aliphatic rings. The second kappa shape index (κ2) is 8.73. The number of carbonyl (C=O) groups excluding carboxylic acids is 2. The van der Waals surface area contributed by atoms with Crippen LogP contribution in [0.3, 0.4) is 0 Å². The smallest absolute Gasteiger partial charge is 0.350 e. The Bertz CT molecular complexity index is 1180. The van der Waals surface area contributed by atoms with Crippen LogP contribution in [0, 0.1) is 0 Å². The van der Waals surface area contributed by atoms with Gasteiger partial charge in [0.1, 0.15) is 0 Å². The molecule has 1 heterocycles. The molecule has 172 valence electrons. The summed E-state index contributed by atoms with van der Waals surface area (Å²) in [6.45, 7) is 3.73. The van der Waals surface area contributed by atoms with Gasteiger partial charge in [-0.3, -0.25) is 9.59 Å². The van der Waals surface area contributed by atoms with Gasteiger partial charge in [-0.15, -0.1) is 0 Å². The maximum Gasteiger partial charge on any atom is 0.416 e. The van der Waals surface area contributed by atoms with Crippen LogP contribution in [0.25, 0.3) is 5.69 Å². The highest BCUT2D eigenvalue weighted by molar-refractivity contribution is 6.05. The van der Waals surface area contributed by atoms with E-state index in [2.05, 4.69) is 15.7 Å². The van der Waals surface area contributed by atoms with Crippen molar-refractivity contribution in [3.63, 3.8) is 0 Å². The number of rotatable bonds is 6. The summed E-state index contributed by atoms with van der Waals surface area (Å²) in [5.74, 6) is -0.555. The third-order valence-corrected chi connectivity index (χ3v) is 5.26. The van der Waals surface area contributed by atoms with E-state index in [4.69, 9.17) is 0 Å². The van der Waals surface area contributed by atoms with E-state index in [1.807, 2.05) is 13.8 Å². The maximum absolute atomic E-state index is 13.2. The second-order valence-electron chi connectivity index (χ2n) is 8.34. The zero-order valence-corrected chi connectivity index (χ0v) is 18.1. The summed E-state index contributed by atoms with van der Waals surface area (Å²) in [6.07, 6.45) is -1.41. The molecule has 33 heavy (non-hydrogen) atoms. The second-order valence-corrected chi connectivity index (χ2v) is 8.34. The summed E-state index contributed by atoms with van der Waals surface area (Å²) in [4.78, 5) is 25.1. The standard InChI is InChI=1S/C24H23F3N4O2/c1-14(2)29-22(32)16-8-10-18(11-9-16)30-23(33)20-13-28-31(21(20)15-6-7-15)19-5-3-4-17(12-19)24(25,26)27/h3-5,8-15H,6-7H2,1-2H3,(H,29,32)(H,30,33). The monoisotopic (exact) mass is 456 g/mol. The number of benzene rings is 2. The molecule has 0 spiro atoms. The van der Waals surface area contributed by atoms with Crippen molar-refractivity contribution in [3.05, 3.63) is 77.1 Å². The normalized spacial score (nSPS) is 13.8. The molecule has 9 heteroatoms. The first kappa shape index (κ1) is 22.6. The topological polar surface area (TPSA) is 76.0 Å². The van der Waals surface area contributed by atoms with Crippen LogP contribution in [0.1, 0.15) is 64.6 Å². The fourth-order valence-corrected chi connectivity index (χ4v) is 3.55. The van der Waals surface area contributed by atoms with Gasteiger partial charge in [0.2, 0.25) is 0 Å². The van der Waals surface area contributed by atoms with Crippen LogP contribution in [0.15, 0.2) is 54.7 Å². The summed E-state index contributed by atoms with van der Waals surface area (Å²) < 4.78 is 40.9. The first-order valence-electron chi connectivity index (χ1n) is 10.6. The van der Waals surface area contributed by atoms with Crippen LogP contribution in [0.4, 0.5) is 18.9 Å². The van der Waals surface area contributed by atoms with E-state index in [9.17, 15) is 22.8 Å². The molecular weight excluding hydrogens is 433 g/mol. The summed E-state index contributed by atoms with van der Waals surface area (Å²) in [7, 11) is 0. The van der Waals surface area contributed by atoms with Gasteiger partial charge in [-0.05, 0) is 69.2 Å². The predicted molar refractivity (Wildman–Crippen MR) is 118 cm³/mol. The average Bonchev–Trinajstić information content (AvgIpc) is 3.50. The molecule has 0 aliphatic heterocycles. The largest absolute Gasteiger partial charge is 0.416 e. The van der Waals surface area contributed by atoms with Gasteiger partial charge in [0.15, 0.2) is 0 Å². The highest BCUT2D eigenvalue weighted by Crippen LogP contribution is 2.43. The van der Waals surface area contributed by atoms with Crippen molar-refractivity contribution in [1.82, 2.24) is 15.1 Å². The Kier molecular flexibility index (Phi) is 5.97. The fraction of sp³-hybridized carbons (Fsp3) is 0.292. The third kappa shape index (κ3) is 5.08. The van der Waals surface area contributed by atoms with E-state index in [1.54, 1.807) is 24.3 Å². The number of alkyl halides is 3. The number of carbonyl (C=O) groups is 2. The van der Waals surface area contributed by atoms with Gasteiger partial charge in [0, 0.05) is 23.2 Å². The Balaban J connectivity index is 1.57. The first-order valence-corrected chi connectivity index (χ1v) is 10.6. The lowest BCUT2D eigenvalue weighted by Crippen LogP contribution is -2.30. The SMILES string of the molecule is CC(C)NC(=O)c1ccc(NC(=O)c2cnn(-c3cccc(C(F)(F)F)c3)c2C2CC2)cc1. The number of anilines is 1. The van der Waals surface area contributed by atoms with Crippen LogP contribution in [-0.2, 0) is 6.18 Å². The number of hydrogen-bond donors (Lipinski definition) is 2. The molecule has 0 saturated heterocycles. The minimum atomic E-state index is -4.47. The Morgan fingerprint density at radius 2 is 1.76 bits per heavy atom. The molecule has 1 saturated carbocycles. The van der Waals surface area contributed by atoms with Crippen LogP contribution in [-0.4, -0.2) is 27.6 Å². The van der Waals surface area contributed by atoms with E-state index < -0.39 is 17.6 Å².